The van der Waals surface area contributed by atoms with Crippen LogP contribution in [0.5, 0.6) is 0 Å². The van der Waals surface area contributed by atoms with Crippen LogP contribution >= 0.6 is 0 Å². The molecule has 1 rings (SSSR count). The van der Waals surface area contributed by atoms with Crippen molar-refractivity contribution in [3.8, 4) is 0 Å². The van der Waals surface area contributed by atoms with Crippen LogP contribution in [0, 0.1) is 0 Å². The lowest BCUT2D eigenvalue weighted by Crippen LogP contribution is -2.37. The molecule has 0 saturated carbocycles. The van der Waals surface area contributed by atoms with Gasteiger partial charge in [-0.3, -0.25) is 15.1 Å². The molecule has 0 aromatic heterocycles. The number of carbonyl (C=O) groups excluding carboxylic acids is 2. The topological polar surface area (TPSA) is 61.4 Å². The maximum absolute atomic E-state index is 10.5. The van der Waals surface area contributed by atoms with Crippen molar-refractivity contribution in [3.05, 3.63) is 0 Å². The van der Waals surface area contributed by atoms with Gasteiger partial charge in [-0.2, -0.15) is 0 Å². The Kier molecular flexibility index (Phi) is 1.35. The van der Waals surface area contributed by atoms with Gasteiger partial charge in [-0.25, -0.2) is 10.2 Å². The average molecular weight is 129 g/mol. The van der Waals surface area contributed by atoms with Crippen molar-refractivity contribution in [3.63, 3.8) is 0 Å². The van der Waals surface area contributed by atoms with Gasteiger partial charge in [0, 0.05) is 7.05 Å². The standard InChI is InChI=1S/C4H7N3O2/c1-5-7-2-3(8)6-4(7)9/h5H,2H2,1H3,(H,6,8,9). The predicted molar refractivity (Wildman–Crippen MR) is 29.3 cm³/mol. The van der Waals surface area contributed by atoms with Crippen molar-refractivity contribution < 1.29 is 9.59 Å². The summed E-state index contributed by atoms with van der Waals surface area (Å²) in [4.78, 5) is 21.0. The Labute approximate surface area is 52.0 Å². The molecule has 5 nitrogen and oxygen atoms in total. The Balaban J connectivity index is 2.58. The summed E-state index contributed by atoms with van der Waals surface area (Å²) in [6, 6.07) is -0.387. The molecule has 0 bridgehead atoms. The number of nitrogens with zero attached hydrogens (tertiary/aromatic N) is 1. The first-order valence-corrected chi connectivity index (χ1v) is 2.53. The van der Waals surface area contributed by atoms with Crippen molar-refractivity contribution in [1.82, 2.24) is 15.8 Å². The van der Waals surface area contributed by atoms with E-state index in [0.717, 1.165) is 0 Å². The van der Waals surface area contributed by atoms with Crippen LogP contribution < -0.4 is 10.7 Å². The smallest absolute Gasteiger partial charge is 0.275 e. The number of nitrogens with one attached hydrogen (secondary N) is 2. The van der Waals surface area contributed by atoms with E-state index in [4.69, 9.17) is 0 Å². The highest BCUT2D eigenvalue weighted by atomic mass is 16.2. The van der Waals surface area contributed by atoms with Gasteiger partial charge in [0.1, 0.15) is 6.54 Å². The predicted octanol–water partition coefficient (Wildman–Crippen LogP) is -1.33. The number of hydrazine groups is 1. The van der Waals surface area contributed by atoms with Crippen molar-refractivity contribution in [1.29, 1.82) is 0 Å². The maximum Gasteiger partial charge on any atom is 0.338 e. The van der Waals surface area contributed by atoms with Gasteiger partial charge in [0.2, 0.25) is 5.91 Å². The van der Waals surface area contributed by atoms with E-state index in [-0.39, 0.29) is 18.5 Å². The summed E-state index contributed by atoms with van der Waals surface area (Å²) in [5.74, 6) is -0.269. The van der Waals surface area contributed by atoms with Crippen LogP contribution in [-0.2, 0) is 4.79 Å². The Morgan fingerprint density at radius 3 is 2.56 bits per heavy atom. The zero-order valence-electron chi connectivity index (χ0n) is 4.97. The molecule has 0 aliphatic carbocycles. The molecule has 0 unspecified atom stereocenters. The lowest BCUT2D eigenvalue weighted by Gasteiger charge is -2.08. The number of hydrogen-bond donors (Lipinski definition) is 2. The summed E-state index contributed by atoms with van der Waals surface area (Å²) >= 11 is 0. The van der Waals surface area contributed by atoms with E-state index in [1.807, 2.05) is 0 Å². The molecule has 0 atom stereocenters. The van der Waals surface area contributed by atoms with E-state index in [2.05, 4.69) is 10.7 Å². The summed E-state index contributed by atoms with van der Waals surface area (Å²) in [5, 5.41) is 3.30. The average Bonchev–Trinajstić information content (AvgIpc) is 2.10. The number of rotatable bonds is 1. The van der Waals surface area contributed by atoms with Gasteiger partial charge in [0.05, 0.1) is 0 Å². The van der Waals surface area contributed by atoms with E-state index < -0.39 is 0 Å². The highest BCUT2D eigenvalue weighted by Crippen LogP contribution is 1.90. The van der Waals surface area contributed by atoms with Gasteiger partial charge in [0.25, 0.3) is 0 Å². The zero-order chi connectivity index (χ0) is 6.85. The number of urea groups is 1. The van der Waals surface area contributed by atoms with E-state index in [1.54, 1.807) is 7.05 Å². The monoisotopic (exact) mass is 129 g/mol. The molecular weight excluding hydrogens is 122 g/mol. The summed E-state index contributed by atoms with van der Waals surface area (Å²) in [7, 11) is 1.58. The van der Waals surface area contributed by atoms with Gasteiger partial charge < -0.3 is 0 Å². The Morgan fingerprint density at radius 2 is 2.33 bits per heavy atom. The minimum atomic E-state index is -0.387. The van der Waals surface area contributed by atoms with Crippen molar-refractivity contribution in [2.24, 2.45) is 0 Å². The quantitative estimate of drug-likeness (QED) is 0.431. The number of amides is 3. The largest absolute Gasteiger partial charge is 0.338 e. The Morgan fingerprint density at radius 1 is 1.67 bits per heavy atom. The third-order valence-electron chi connectivity index (χ3n) is 1.06. The highest BCUT2D eigenvalue weighted by Gasteiger charge is 2.24. The first kappa shape index (κ1) is 6.03. The minimum absolute atomic E-state index is 0.106. The molecule has 1 aliphatic rings. The fourth-order valence-corrected chi connectivity index (χ4v) is 0.622. The number of carbonyl (C=O) groups is 2. The summed E-state index contributed by atoms with van der Waals surface area (Å²) < 4.78 is 0. The number of hydrogen-bond acceptors (Lipinski definition) is 3. The zero-order valence-corrected chi connectivity index (χ0v) is 4.97. The van der Waals surface area contributed by atoms with Gasteiger partial charge in [0.15, 0.2) is 0 Å². The van der Waals surface area contributed by atoms with E-state index in [9.17, 15) is 9.59 Å². The minimum Gasteiger partial charge on any atom is -0.275 e. The Bertz CT molecular complexity index is 156. The molecule has 1 fully saturated rings. The molecule has 50 valence electrons. The molecular formula is C4H7N3O2. The van der Waals surface area contributed by atoms with Gasteiger partial charge in [-0.1, -0.05) is 0 Å². The lowest BCUT2D eigenvalue weighted by atomic mass is 10.6. The first-order chi connectivity index (χ1) is 4.24. The van der Waals surface area contributed by atoms with Crippen LogP contribution in [0.3, 0.4) is 0 Å². The molecule has 1 aliphatic heterocycles. The van der Waals surface area contributed by atoms with Gasteiger partial charge in [-0.15, -0.1) is 0 Å². The molecule has 0 aromatic rings. The molecule has 3 amide bonds. The fourth-order valence-electron chi connectivity index (χ4n) is 0.622. The summed E-state index contributed by atoms with van der Waals surface area (Å²) in [6.07, 6.45) is 0. The van der Waals surface area contributed by atoms with Crippen molar-refractivity contribution >= 4 is 11.9 Å². The number of imide groups is 1. The van der Waals surface area contributed by atoms with Gasteiger partial charge >= 0.3 is 6.03 Å². The van der Waals surface area contributed by atoms with Crippen molar-refractivity contribution in [2.75, 3.05) is 13.6 Å². The second-order valence-electron chi connectivity index (χ2n) is 1.66. The van der Waals surface area contributed by atoms with Crippen LogP contribution in [0.4, 0.5) is 4.79 Å². The third kappa shape index (κ3) is 0.996. The lowest BCUT2D eigenvalue weighted by molar-refractivity contribution is -0.118. The van der Waals surface area contributed by atoms with E-state index in [1.165, 1.54) is 5.01 Å². The van der Waals surface area contributed by atoms with Crippen molar-refractivity contribution in [2.45, 2.75) is 0 Å². The Hall–Kier alpha value is -1.10. The summed E-state index contributed by atoms with van der Waals surface area (Å²) in [5.41, 5.74) is 2.54. The van der Waals surface area contributed by atoms with Crippen LogP contribution in [-0.4, -0.2) is 30.5 Å². The molecule has 9 heavy (non-hydrogen) atoms. The van der Waals surface area contributed by atoms with Crippen LogP contribution in [0.25, 0.3) is 0 Å². The molecule has 0 aromatic carbocycles. The molecule has 1 heterocycles. The molecule has 0 spiro atoms. The highest BCUT2D eigenvalue weighted by molar-refractivity contribution is 6.01. The fraction of sp³-hybridized carbons (Fsp3) is 0.500. The SMILES string of the molecule is CNN1CC(=O)NC1=O. The first-order valence-electron chi connectivity index (χ1n) is 2.53. The van der Waals surface area contributed by atoms with Gasteiger partial charge in [-0.05, 0) is 0 Å². The maximum atomic E-state index is 10.5. The van der Waals surface area contributed by atoms with Crippen LogP contribution in [0.1, 0.15) is 0 Å². The second-order valence-corrected chi connectivity index (χ2v) is 1.66. The van der Waals surface area contributed by atoms with E-state index in [0.29, 0.717) is 0 Å². The molecule has 2 N–H and O–H groups in total. The normalized spacial score (nSPS) is 18.6. The van der Waals surface area contributed by atoms with E-state index >= 15 is 0 Å². The molecule has 0 radical (unpaired) electrons. The van der Waals surface area contributed by atoms with Crippen LogP contribution in [0.2, 0.25) is 0 Å². The molecule has 5 heteroatoms. The summed E-state index contributed by atoms with van der Waals surface area (Å²) in [6.45, 7) is 0.106. The third-order valence-corrected chi connectivity index (χ3v) is 1.06. The second kappa shape index (κ2) is 2.02. The molecule has 1 saturated heterocycles. The van der Waals surface area contributed by atoms with Crippen LogP contribution in [0.15, 0.2) is 0 Å².